The minimum Gasteiger partial charge on any atom is -0.459 e. The van der Waals surface area contributed by atoms with Crippen LogP contribution in [-0.2, 0) is 21.1 Å². The average Bonchev–Trinajstić information content (AvgIpc) is 3.36. The van der Waals surface area contributed by atoms with E-state index in [1.165, 1.54) is 37.7 Å². The summed E-state index contributed by atoms with van der Waals surface area (Å²) in [5, 5.41) is 0. The van der Waals surface area contributed by atoms with Gasteiger partial charge in [0.1, 0.15) is 12.7 Å². The van der Waals surface area contributed by atoms with Gasteiger partial charge < -0.3 is 4.74 Å². The van der Waals surface area contributed by atoms with Crippen LogP contribution in [0.25, 0.3) is 0 Å². The Labute approximate surface area is 272 Å². The molecule has 0 aromatic heterocycles. The molecule has 4 fully saturated rings. The van der Waals surface area contributed by atoms with Crippen LogP contribution in [-0.4, -0.2) is 18.2 Å². The summed E-state index contributed by atoms with van der Waals surface area (Å²) in [5.41, 5.74) is 4.76. The van der Waals surface area contributed by atoms with Crippen molar-refractivity contribution in [2.75, 3.05) is 0 Å². The second-order valence-corrected chi connectivity index (χ2v) is 16.6. The summed E-state index contributed by atoms with van der Waals surface area (Å²) in [6.45, 7) is 17.1. The Bertz CT molecular complexity index is 1300. The number of fused-ring (bicyclic) bond motifs is 5. The maximum absolute atomic E-state index is 13.2. The molecule has 0 N–H and O–H groups in total. The standard InChI is InChI=1S/C41H58O4/c1-26(2)22-29(5)34-16-17-35-33-24-38(45-43-25-30-12-8-27(3)9-13-30)37-23-32(44-39(42)31-14-10-28(4)11-15-31)18-20-41(37,7)36(33)19-21-40(34,35)6/h8-15,26,29,32-38H,16-25H2,1-7H3. The maximum Gasteiger partial charge on any atom is 0.338 e. The van der Waals surface area contributed by atoms with Crippen molar-refractivity contribution in [1.29, 1.82) is 0 Å². The lowest BCUT2D eigenvalue weighted by Gasteiger charge is -2.62. The predicted octanol–water partition coefficient (Wildman–Crippen LogP) is 10.3. The number of aryl methyl sites for hydroxylation is 2. The second-order valence-electron chi connectivity index (χ2n) is 16.6. The van der Waals surface area contributed by atoms with Crippen molar-refractivity contribution < 1.29 is 19.3 Å². The first-order chi connectivity index (χ1) is 21.5. The average molecular weight is 615 g/mol. The topological polar surface area (TPSA) is 44.8 Å². The van der Waals surface area contributed by atoms with Gasteiger partial charge in [0.15, 0.2) is 0 Å². The van der Waals surface area contributed by atoms with Crippen LogP contribution in [0.3, 0.4) is 0 Å². The zero-order chi connectivity index (χ0) is 31.9. The molecule has 2 aromatic rings. The molecule has 246 valence electrons. The summed E-state index contributed by atoms with van der Waals surface area (Å²) >= 11 is 0. The van der Waals surface area contributed by atoms with Crippen molar-refractivity contribution in [2.45, 2.75) is 125 Å². The number of carbonyl (C=O) groups excluding carboxylic acids is 1. The van der Waals surface area contributed by atoms with Crippen LogP contribution in [0.2, 0.25) is 0 Å². The van der Waals surface area contributed by atoms with Gasteiger partial charge >= 0.3 is 5.97 Å². The summed E-state index contributed by atoms with van der Waals surface area (Å²) in [7, 11) is 0. The van der Waals surface area contributed by atoms with Crippen LogP contribution in [0.15, 0.2) is 48.5 Å². The number of hydrogen-bond acceptors (Lipinski definition) is 4. The van der Waals surface area contributed by atoms with E-state index >= 15 is 0 Å². The molecule has 0 bridgehead atoms. The molecular weight excluding hydrogens is 556 g/mol. The van der Waals surface area contributed by atoms with Gasteiger partial charge in [0.2, 0.25) is 0 Å². The van der Waals surface area contributed by atoms with Crippen LogP contribution >= 0.6 is 0 Å². The zero-order valence-corrected chi connectivity index (χ0v) is 29.0. The fourth-order valence-corrected chi connectivity index (χ4v) is 11.1. The molecule has 10 atom stereocenters. The van der Waals surface area contributed by atoms with Gasteiger partial charge in [-0.3, -0.25) is 0 Å². The highest BCUT2D eigenvalue weighted by molar-refractivity contribution is 5.89. The molecule has 4 nitrogen and oxygen atoms in total. The van der Waals surface area contributed by atoms with Gasteiger partial charge in [0.25, 0.3) is 0 Å². The van der Waals surface area contributed by atoms with E-state index in [4.69, 9.17) is 14.5 Å². The number of ether oxygens (including phenoxy) is 1. The monoisotopic (exact) mass is 614 g/mol. The highest BCUT2D eigenvalue weighted by atomic mass is 17.2. The molecule has 4 saturated carbocycles. The van der Waals surface area contributed by atoms with Crippen molar-refractivity contribution >= 4 is 5.97 Å². The molecule has 0 aliphatic heterocycles. The number of benzene rings is 2. The fourth-order valence-electron chi connectivity index (χ4n) is 11.1. The Hall–Kier alpha value is -2.17. The van der Waals surface area contributed by atoms with Crippen molar-refractivity contribution in [3.63, 3.8) is 0 Å². The van der Waals surface area contributed by atoms with E-state index in [0.717, 1.165) is 60.5 Å². The van der Waals surface area contributed by atoms with E-state index in [9.17, 15) is 4.79 Å². The Morgan fingerprint density at radius 2 is 1.44 bits per heavy atom. The highest BCUT2D eigenvalue weighted by Crippen LogP contribution is 2.69. The van der Waals surface area contributed by atoms with E-state index in [1.807, 2.05) is 31.2 Å². The number of carbonyl (C=O) groups is 1. The third kappa shape index (κ3) is 6.53. The molecule has 4 aliphatic carbocycles. The summed E-state index contributed by atoms with van der Waals surface area (Å²) in [6, 6.07) is 16.3. The van der Waals surface area contributed by atoms with Gasteiger partial charge in [-0.25, -0.2) is 14.6 Å². The predicted molar refractivity (Wildman–Crippen MR) is 180 cm³/mol. The van der Waals surface area contributed by atoms with Crippen LogP contribution in [0.1, 0.15) is 119 Å². The Balaban J connectivity index is 1.22. The van der Waals surface area contributed by atoms with Crippen LogP contribution in [0.4, 0.5) is 0 Å². The van der Waals surface area contributed by atoms with E-state index in [0.29, 0.717) is 35.3 Å². The molecule has 4 aliphatic rings. The van der Waals surface area contributed by atoms with Crippen LogP contribution in [0.5, 0.6) is 0 Å². The van der Waals surface area contributed by atoms with Gasteiger partial charge in [0, 0.05) is 0 Å². The van der Waals surface area contributed by atoms with Gasteiger partial charge in [-0.15, -0.1) is 0 Å². The third-order valence-electron chi connectivity index (χ3n) is 13.3. The SMILES string of the molecule is Cc1ccc(COOC2CC3C4CCC(C(C)CC(C)C)C4(C)CCC3C3(C)CCC(OC(=O)c4ccc(C)cc4)CC23)cc1. The van der Waals surface area contributed by atoms with Gasteiger partial charge in [-0.2, -0.15) is 0 Å². The Morgan fingerprint density at radius 1 is 0.800 bits per heavy atom. The highest BCUT2D eigenvalue weighted by Gasteiger charge is 2.63. The summed E-state index contributed by atoms with van der Waals surface area (Å²) in [4.78, 5) is 25.8. The number of hydrogen-bond donors (Lipinski definition) is 0. The number of rotatable bonds is 9. The van der Waals surface area contributed by atoms with Crippen molar-refractivity contribution in [3.05, 3.63) is 70.8 Å². The largest absolute Gasteiger partial charge is 0.459 e. The minimum atomic E-state index is -0.202. The fraction of sp³-hybridized carbons (Fsp3) is 0.683. The van der Waals surface area contributed by atoms with Gasteiger partial charge in [-0.05, 0) is 142 Å². The smallest absolute Gasteiger partial charge is 0.338 e. The molecule has 10 unspecified atom stereocenters. The molecule has 6 rings (SSSR count). The molecule has 2 aromatic carbocycles. The van der Waals surface area contributed by atoms with E-state index in [1.54, 1.807) is 0 Å². The maximum atomic E-state index is 13.2. The molecule has 4 heteroatoms. The molecular formula is C41H58O4. The summed E-state index contributed by atoms with van der Waals surface area (Å²) in [5.74, 6) is 4.60. The molecule has 0 heterocycles. The molecule has 0 amide bonds. The van der Waals surface area contributed by atoms with E-state index in [2.05, 4.69) is 65.8 Å². The first-order valence-corrected chi connectivity index (χ1v) is 18.1. The van der Waals surface area contributed by atoms with Gasteiger partial charge in [-0.1, -0.05) is 82.1 Å². The van der Waals surface area contributed by atoms with E-state index < -0.39 is 0 Å². The lowest BCUT2D eigenvalue weighted by Crippen LogP contribution is -2.59. The quantitative estimate of drug-likeness (QED) is 0.160. The Morgan fingerprint density at radius 3 is 2.13 bits per heavy atom. The van der Waals surface area contributed by atoms with Gasteiger partial charge in [0.05, 0.1) is 11.7 Å². The van der Waals surface area contributed by atoms with Crippen LogP contribution in [0, 0.1) is 66.1 Å². The number of esters is 1. The Kier molecular flexibility index (Phi) is 9.57. The normalized spacial score (nSPS) is 36.6. The molecule has 0 radical (unpaired) electrons. The third-order valence-corrected chi connectivity index (χ3v) is 13.3. The van der Waals surface area contributed by atoms with Crippen molar-refractivity contribution in [1.82, 2.24) is 0 Å². The molecule has 0 saturated heterocycles. The van der Waals surface area contributed by atoms with Crippen molar-refractivity contribution in [3.8, 4) is 0 Å². The lowest BCUT2D eigenvalue weighted by molar-refractivity contribution is -0.365. The van der Waals surface area contributed by atoms with Crippen molar-refractivity contribution in [2.24, 2.45) is 52.3 Å². The summed E-state index contributed by atoms with van der Waals surface area (Å²) in [6.07, 6.45) is 10.6. The first kappa shape index (κ1) is 32.8. The lowest BCUT2D eigenvalue weighted by atomic mass is 9.43. The second kappa shape index (κ2) is 13.1. The zero-order valence-electron chi connectivity index (χ0n) is 29.0. The van der Waals surface area contributed by atoms with Crippen LogP contribution < -0.4 is 0 Å². The van der Waals surface area contributed by atoms with E-state index in [-0.39, 0.29) is 23.6 Å². The first-order valence-electron chi connectivity index (χ1n) is 18.1. The molecule has 0 spiro atoms. The molecule has 45 heavy (non-hydrogen) atoms. The summed E-state index contributed by atoms with van der Waals surface area (Å²) < 4.78 is 6.20. The minimum absolute atomic E-state index is 0.0112.